The van der Waals surface area contributed by atoms with Gasteiger partial charge in [0.2, 0.25) is 0 Å². The van der Waals surface area contributed by atoms with Gasteiger partial charge in [0.05, 0.1) is 12.8 Å². The van der Waals surface area contributed by atoms with Crippen molar-refractivity contribution in [3.8, 4) is 5.75 Å². The molecule has 0 spiro atoms. The molecule has 4 rings (SSSR count). The van der Waals surface area contributed by atoms with Crippen LogP contribution < -0.4 is 4.74 Å². The third-order valence-electron chi connectivity index (χ3n) is 5.21. The molecule has 4 aromatic rings. The summed E-state index contributed by atoms with van der Waals surface area (Å²) in [6, 6.07) is 16.7. The zero-order chi connectivity index (χ0) is 20.1. The van der Waals surface area contributed by atoms with Crippen molar-refractivity contribution in [1.29, 1.82) is 0 Å². The Morgan fingerprint density at radius 1 is 1.07 bits per heavy atom. The minimum Gasteiger partial charge on any atom is -0.491 e. The fourth-order valence-electron chi connectivity index (χ4n) is 3.44. The van der Waals surface area contributed by atoms with Crippen molar-refractivity contribution in [2.45, 2.75) is 32.7 Å². The smallest absolute Gasteiger partial charge is 0.141 e. The lowest BCUT2D eigenvalue weighted by atomic mass is 9.98. The van der Waals surface area contributed by atoms with E-state index in [-0.39, 0.29) is 0 Å². The van der Waals surface area contributed by atoms with Crippen LogP contribution in [0.4, 0.5) is 0 Å². The number of rotatable bonds is 8. The first kappa shape index (κ1) is 18.9. The Morgan fingerprint density at radius 3 is 2.66 bits per heavy atom. The summed E-state index contributed by atoms with van der Waals surface area (Å²) in [6.07, 6.45) is 8.18. The third kappa shape index (κ3) is 4.21. The van der Waals surface area contributed by atoms with Gasteiger partial charge in [0, 0.05) is 22.7 Å². The number of ether oxygens (including phenoxy) is 1. The van der Waals surface area contributed by atoms with Gasteiger partial charge in [0.25, 0.3) is 0 Å². The van der Waals surface area contributed by atoms with Gasteiger partial charge in [-0.2, -0.15) is 5.10 Å². The lowest BCUT2D eigenvalue weighted by Gasteiger charge is -2.16. The number of hydrogen-bond acceptors (Lipinski definition) is 4. The molecule has 0 bridgehead atoms. The monoisotopic (exact) mass is 387 g/mol. The van der Waals surface area contributed by atoms with Gasteiger partial charge in [-0.1, -0.05) is 50.2 Å². The molecule has 2 aromatic heterocycles. The highest BCUT2D eigenvalue weighted by atomic mass is 16.5. The Labute approximate surface area is 170 Å². The van der Waals surface area contributed by atoms with E-state index >= 15 is 0 Å². The van der Waals surface area contributed by atoms with Crippen LogP contribution in [0.15, 0.2) is 72.5 Å². The van der Waals surface area contributed by atoms with E-state index in [0.29, 0.717) is 12.5 Å². The highest BCUT2D eigenvalue weighted by Crippen LogP contribution is 2.28. The molecule has 1 atom stereocenters. The van der Waals surface area contributed by atoms with E-state index in [0.717, 1.165) is 35.2 Å². The maximum absolute atomic E-state index is 6.17. The van der Waals surface area contributed by atoms with Crippen molar-refractivity contribution in [3.05, 3.63) is 78.5 Å². The van der Waals surface area contributed by atoms with Gasteiger partial charge in [0.15, 0.2) is 0 Å². The van der Waals surface area contributed by atoms with Crippen molar-refractivity contribution < 1.29 is 4.74 Å². The summed E-state index contributed by atoms with van der Waals surface area (Å²) < 4.78 is 9.97. The second-order valence-corrected chi connectivity index (χ2v) is 7.08. The van der Waals surface area contributed by atoms with E-state index in [1.54, 1.807) is 17.3 Å². The van der Waals surface area contributed by atoms with Crippen molar-refractivity contribution >= 4 is 17.1 Å². The van der Waals surface area contributed by atoms with E-state index < -0.39 is 0 Å². The number of para-hydroxylation sites is 2. The molecule has 0 fully saturated rings. The minimum absolute atomic E-state index is 0.485. The molecule has 1 unspecified atom stereocenters. The summed E-state index contributed by atoms with van der Waals surface area (Å²) in [7, 11) is 0. The first-order chi connectivity index (χ1) is 14.3. The van der Waals surface area contributed by atoms with Gasteiger partial charge >= 0.3 is 0 Å². The summed E-state index contributed by atoms with van der Waals surface area (Å²) in [5, 5.41) is 13.1. The molecule has 6 heteroatoms. The quantitative estimate of drug-likeness (QED) is 0.412. The number of nitrogens with zero attached hydrogens (tertiary/aromatic N) is 5. The van der Waals surface area contributed by atoms with E-state index in [4.69, 9.17) is 4.74 Å². The second-order valence-electron chi connectivity index (χ2n) is 7.08. The molecule has 0 saturated carbocycles. The van der Waals surface area contributed by atoms with Gasteiger partial charge in [-0.05, 0) is 30.0 Å². The van der Waals surface area contributed by atoms with Crippen LogP contribution in [0.3, 0.4) is 0 Å². The molecular weight excluding hydrogens is 362 g/mol. The standard InChI is InChI=1S/C23H25N5O/c1-3-18(2)20-8-5-7-11-23(20)29-13-12-27-15-19(14-26-28-16-24-25-17-28)21-9-4-6-10-22(21)27/h4-11,14-18H,3,12-13H2,1-2H3. The predicted molar refractivity (Wildman–Crippen MR) is 116 cm³/mol. The normalized spacial score (nSPS) is 12.6. The van der Waals surface area contributed by atoms with Crippen molar-refractivity contribution in [2.24, 2.45) is 5.10 Å². The van der Waals surface area contributed by atoms with E-state index in [1.807, 2.05) is 18.3 Å². The molecule has 0 saturated heterocycles. The van der Waals surface area contributed by atoms with Crippen LogP contribution >= 0.6 is 0 Å². The Morgan fingerprint density at radius 2 is 1.83 bits per heavy atom. The Kier molecular flexibility index (Phi) is 5.70. The van der Waals surface area contributed by atoms with Gasteiger partial charge in [0.1, 0.15) is 25.0 Å². The molecule has 148 valence electrons. The van der Waals surface area contributed by atoms with Crippen molar-refractivity contribution in [3.63, 3.8) is 0 Å². The average molecular weight is 387 g/mol. The molecule has 2 heterocycles. The van der Waals surface area contributed by atoms with Gasteiger partial charge in [-0.25, -0.2) is 4.68 Å². The molecule has 0 amide bonds. The SMILES string of the molecule is CCC(C)c1ccccc1OCCn1cc(C=Nn2cnnc2)c2ccccc21. The zero-order valence-electron chi connectivity index (χ0n) is 16.8. The van der Waals surface area contributed by atoms with Crippen LogP contribution in [0.25, 0.3) is 10.9 Å². The number of fused-ring (bicyclic) bond motifs is 1. The van der Waals surface area contributed by atoms with E-state index in [9.17, 15) is 0 Å². The number of benzene rings is 2. The second kappa shape index (κ2) is 8.73. The summed E-state index contributed by atoms with van der Waals surface area (Å²) in [5.41, 5.74) is 3.49. The lowest BCUT2D eigenvalue weighted by Crippen LogP contribution is -2.09. The van der Waals surface area contributed by atoms with Crippen LogP contribution in [-0.2, 0) is 6.54 Å². The van der Waals surface area contributed by atoms with Gasteiger partial charge < -0.3 is 9.30 Å². The van der Waals surface area contributed by atoms with Crippen LogP contribution in [0, 0.1) is 0 Å². The number of aromatic nitrogens is 4. The van der Waals surface area contributed by atoms with Crippen molar-refractivity contribution in [2.75, 3.05) is 6.61 Å². The summed E-state index contributed by atoms with van der Waals surface area (Å²) >= 11 is 0. The topological polar surface area (TPSA) is 57.2 Å². The molecule has 0 aliphatic rings. The highest BCUT2D eigenvalue weighted by molar-refractivity contribution is 5.99. The summed E-state index contributed by atoms with van der Waals surface area (Å²) in [5.74, 6) is 1.46. The number of hydrogen-bond donors (Lipinski definition) is 0. The lowest BCUT2D eigenvalue weighted by molar-refractivity contribution is 0.296. The minimum atomic E-state index is 0.485. The van der Waals surface area contributed by atoms with Crippen LogP contribution in [0.2, 0.25) is 0 Å². The fraction of sp³-hybridized carbons (Fsp3) is 0.261. The Hall–Kier alpha value is -3.41. The largest absolute Gasteiger partial charge is 0.491 e. The Balaban J connectivity index is 1.52. The zero-order valence-corrected chi connectivity index (χ0v) is 16.8. The first-order valence-corrected chi connectivity index (χ1v) is 9.95. The van der Waals surface area contributed by atoms with Gasteiger partial charge in [-0.15, -0.1) is 10.2 Å². The van der Waals surface area contributed by atoms with Crippen molar-refractivity contribution in [1.82, 2.24) is 19.4 Å². The maximum Gasteiger partial charge on any atom is 0.141 e. The third-order valence-corrected chi connectivity index (χ3v) is 5.21. The fourth-order valence-corrected chi connectivity index (χ4v) is 3.44. The first-order valence-electron chi connectivity index (χ1n) is 9.95. The van der Waals surface area contributed by atoms with E-state index in [1.165, 1.54) is 5.56 Å². The maximum atomic E-state index is 6.17. The Bertz CT molecular complexity index is 1100. The van der Waals surface area contributed by atoms with Gasteiger partial charge in [-0.3, -0.25) is 0 Å². The molecular formula is C23H25N5O. The molecule has 0 aliphatic heterocycles. The van der Waals surface area contributed by atoms with Crippen LogP contribution in [-0.4, -0.2) is 32.3 Å². The molecule has 6 nitrogen and oxygen atoms in total. The molecule has 0 aliphatic carbocycles. The highest BCUT2D eigenvalue weighted by Gasteiger charge is 2.10. The molecule has 0 radical (unpaired) electrons. The van der Waals surface area contributed by atoms with Crippen LogP contribution in [0.5, 0.6) is 5.75 Å². The average Bonchev–Trinajstić information content (AvgIpc) is 3.40. The molecule has 29 heavy (non-hydrogen) atoms. The predicted octanol–water partition coefficient (Wildman–Crippen LogP) is 4.71. The summed E-state index contributed by atoms with van der Waals surface area (Å²) in [6.45, 7) is 5.81. The van der Waals surface area contributed by atoms with E-state index in [2.05, 4.69) is 76.3 Å². The molecule has 0 N–H and O–H groups in total. The summed E-state index contributed by atoms with van der Waals surface area (Å²) in [4.78, 5) is 0. The van der Waals surface area contributed by atoms with Crippen LogP contribution in [0.1, 0.15) is 37.3 Å². The molecule has 2 aromatic carbocycles.